The minimum absolute atomic E-state index is 0.0481. The number of anilines is 1. The number of piperidine rings is 1. The van der Waals surface area contributed by atoms with Crippen LogP contribution in [0.3, 0.4) is 0 Å². The maximum atomic E-state index is 12.8. The summed E-state index contributed by atoms with van der Waals surface area (Å²) >= 11 is 0. The minimum Gasteiger partial charge on any atom is -0.453 e. The Bertz CT molecular complexity index is 1060. The molecule has 1 aliphatic rings. The van der Waals surface area contributed by atoms with Crippen LogP contribution in [0.4, 0.5) is 10.5 Å². The Morgan fingerprint density at radius 3 is 2.22 bits per heavy atom. The third kappa shape index (κ3) is 7.91. The zero-order valence-corrected chi connectivity index (χ0v) is 22.9. The number of nitrogens with zero attached hydrogens (tertiary/aromatic N) is 2. The Balaban J connectivity index is 1.91. The smallest absolute Gasteiger partial charge is 0.411 e. The molecule has 1 aliphatic heterocycles. The molecule has 7 heteroatoms. The summed E-state index contributed by atoms with van der Waals surface area (Å²) in [5.74, 6) is 0.0481. The zero-order chi connectivity index (χ0) is 26.8. The highest BCUT2D eigenvalue weighted by Gasteiger charge is 2.20. The average Bonchev–Trinajstić information content (AvgIpc) is 2.91. The first-order valence-electron chi connectivity index (χ1n) is 13.3. The van der Waals surface area contributed by atoms with Crippen LogP contribution in [0.2, 0.25) is 0 Å². The quantitative estimate of drug-likeness (QED) is 0.449. The third-order valence-corrected chi connectivity index (χ3v) is 6.73. The summed E-state index contributed by atoms with van der Waals surface area (Å²) in [5, 5.41) is 2.77. The summed E-state index contributed by atoms with van der Waals surface area (Å²) in [4.78, 5) is 28.9. The van der Waals surface area contributed by atoms with E-state index in [-0.39, 0.29) is 12.0 Å². The Hall–Kier alpha value is -3.16. The number of ether oxygens (including phenoxy) is 2. The van der Waals surface area contributed by atoms with Crippen molar-refractivity contribution in [3.63, 3.8) is 0 Å². The second kappa shape index (κ2) is 14.0. The van der Waals surface area contributed by atoms with E-state index in [1.54, 1.807) is 0 Å². The molecule has 7 nitrogen and oxygen atoms in total. The van der Waals surface area contributed by atoms with E-state index < -0.39 is 6.09 Å². The lowest BCUT2D eigenvalue weighted by molar-refractivity contribution is 0.0574. The van der Waals surface area contributed by atoms with E-state index >= 15 is 0 Å². The van der Waals surface area contributed by atoms with Gasteiger partial charge in [0.1, 0.15) is 0 Å². The van der Waals surface area contributed by atoms with Crippen LogP contribution in [0.25, 0.3) is 5.57 Å². The normalized spacial score (nSPS) is 13.9. The molecule has 1 N–H and O–H groups in total. The minimum atomic E-state index is -0.498. The number of carbonyl (C=O) groups is 2. The summed E-state index contributed by atoms with van der Waals surface area (Å²) < 4.78 is 10.5. The second-order valence-corrected chi connectivity index (χ2v) is 9.49. The van der Waals surface area contributed by atoms with Gasteiger partial charge in [0.05, 0.1) is 19.8 Å². The molecule has 0 atom stereocenters. The highest BCUT2D eigenvalue weighted by molar-refractivity contribution is 5.95. The first kappa shape index (κ1) is 28.4. The number of hydrogen-bond donors (Lipinski definition) is 1. The Labute approximate surface area is 221 Å². The van der Waals surface area contributed by atoms with Gasteiger partial charge in [-0.15, -0.1) is 0 Å². The predicted molar refractivity (Wildman–Crippen MR) is 149 cm³/mol. The van der Waals surface area contributed by atoms with Crippen LogP contribution in [0, 0.1) is 0 Å². The van der Waals surface area contributed by atoms with Crippen LogP contribution in [0.15, 0.2) is 54.1 Å². The van der Waals surface area contributed by atoms with Crippen LogP contribution < -0.4 is 5.32 Å². The van der Waals surface area contributed by atoms with Crippen molar-refractivity contribution in [1.29, 1.82) is 0 Å². The van der Waals surface area contributed by atoms with E-state index in [9.17, 15) is 9.59 Å². The molecule has 0 aromatic heterocycles. The number of hydrogen-bond acceptors (Lipinski definition) is 5. The van der Waals surface area contributed by atoms with Crippen molar-refractivity contribution in [3.8, 4) is 0 Å². The highest BCUT2D eigenvalue weighted by Crippen LogP contribution is 2.34. The molecule has 0 spiro atoms. The molecular weight excluding hydrogens is 466 g/mol. The summed E-state index contributed by atoms with van der Waals surface area (Å²) in [6, 6.07) is 15.8. The van der Waals surface area contributed by atoms with Crippen LogP contribution in [0.1, 0.15) is 62.0 Å². The van der Waals surface area contributed by atoms with Gasteiger partial charge < -0.3 is 19.3 Å². The lowest BCUT2D eigenvalue weighted by Crippen LogP contribution is -2.34. The molecule has 0 unspecified atom stereocenters. The van der Waals surface area contributed by atoms with E-state index in [0.29, 0.717) is 24.3 Å². The first-order chi connectivity index (χ1) is 17.9. The molecule has 37 heavy (non-hydrogen) atoms. The highest BCUT2D eigenvalue weighted by atomic mass is 16.5. The van der Waals surface area contributed by atoms with E-state index in [1.807, 2.05) is 61.2 Å². The van der Waals surface area contributed by atoms with Gasteiger partial charge in [0, 0.05) is 44.0 Å². The average molecular weight is 508 g/mol. The monoisotopic (exact) mass is 507 g/mol. The molecule has 2 aromatic rings. The maximum Gasteiger partial charge on any atom is 0.411 e. The molecule has 1 saturated heterocycles. The van der Waals surface area contributed by atoms with E-state index in [4.69, 9.17) is 9.47 Å². The topological polar surface area (TPSA) is 71.1 Å². The predicted octanol–water partition coefficient (Wildman–Crippen LogP) is 5.67. The molecule has 1 heterocycles. The lowest BCUT2D eigenvalue weighted by Gasteiger charge is -2.30. The summed E-state index contributed by atoms with van der Waals surface area (Å²) in [7, 11) is 1.35. The number of rotatable bonds is 10. The van der Waals surface area contributed by atoms with E-state index in [2.05, 4.69) is 30.1 Å². The molecule has 3 rings (SSSR count). The standard InChI is InChI=1S/C30H41N3O4/c1-6-33(7-2)29(34)25-13-11-23(12-14-25)28(26-9-8-10-27(21-26)31-30(35)36-5)24-15-17-32(18-16-24)19-20-37-22(3)4/h8-14,21-22H,6-7,15-20H2,1-5H3,(H,31,35). The van der Waals surface area contributed by atoms with Gasteiger partial charge in [-0.1, -0.05) is 29.8 Å². The molecular formula is C30H41N3O4. The van der Waals surface area contributed by atoms with Gasteiger partial charge in [-0.25, -0.2) is 4.79 Å². The number of carbonyl (C=O) groups excluding carboxylic acids is 2. The molecule has 0 radical (unpaired) electrons. The summed E-state index contributed by atoms with van der Waals surface area (Å²) in [6.07, 6.45) is 1.65. The van der Waals surface area contributed by atoms with Gasteiger partial charge in [-0.2, -0.15) is 0 Å². The fraction of sp³-hybridized carbons (Fsp3) is 0.467. The van der Waals surface area contributed by atoms with Gasteiger partial charge in [0.2, 0.25) is 0 Å². The second-order valence-electron chi connectivity index (χ2n) is 9.49. The van der Waals surface area contributed by atoms with Crippen LogP contribution >= 0.6 is 0 Å². The SMILES string of the molecule is CCN(CC)C(=O)c1ccc(C(=C2CCN(CCOC(C)C)CC2)c2cccc(NC(=O)OC)c2)cc1. The molecule has 0 saturated carbocycles. The Morgan fingerprint density at radius 2 is 1.62 bits per heavy atom. The molecule has 1 fully saturated rings. The zero-order valence-electron chi connectivity index (χ0n) is 22.9. The fourth-order valence-electron chi connectivity index (χ4n) is 4.68. The van der Waals surface area contributed by atoms with Gasteiger partial charge >= 0.3 is 6.09 Å². The lowest BCUT2D eigenvalue weighted by atomic mass is 9.88. The number of likely N-dealkylation sites (tertiary alicyclic amines) is 1. The Kier molecular flexibility index (Phi) is 10.7. The molecule has 2 amide bonds. The van der Waals surface area contributed by atoms with Crippen molar-refractivity contribution < 1.29 is 19.1 Å². The van der Waals surface area contributed by atoms with Gasteiger partial charge in [-0.05, 0) is 81.5 Å². The largest absolute Gasteiger partial charge is 0.453 e. The molecule has 200 valence electrons. The summed E-state index contributed by atoms with van der Waals surface area (Å²) in [5.41, 5.74) is 6.01. The van der Waals surface area contributed by atoms with Crippen LogP contribution in [-0.4, -0.2) is 74.3 Å². The number of methoxy groups -OCH3 is 1. The molecule has 0 bridgehead atoms. The number of amides is 2. The number of nitrogens with one attached hydrogen (secondary N) is 1. The van der Waals surface area contributed by atoms with E-state index in [0.717, 1.165) is 55.8 Å². The number of benzene rings is 2. The van der Waals surface area contributed by atoms with Crippen molar-refractivity contribution in [1.82, 2.24) is 9.80 Å². The fourth-order valence-corrected chi connectivity index (χ4v) is 4.68. The van der Waals surface area contributed by atoms with Gasteiger partial charge in [-0.3, -0.25) is 10.1 Å². The van der Waals surface area contributed by atoms with Crippen LogP contribution in [0.5, 0.6) is 0 Å². The van der Waals surface area contributed by atoms with E-state index in [1.165, 1.54) is 12.7 Å². The van der Waals surface area contributed by atoms with Crippen molar-refractivity contribution in [2.24, 2.45) is 0 Å². The van der Waals surface area contributed by atoms with Crippen molar-refractivity contribution in [3.05, 3.63) is 70.8 Å². The van der Waals surface area contributed by atoms with Crippen molar-refractivity contribution in [2.75, 3.05) is 51.8 Å². The maximum absolute atomic E-state index is 12.8. The van der Waals surface area contributed by atoms with Gasteiger partial charge in [0.25, 0.3) is 5.91 Å². The van der Waals surface area contributed by atoms with Gasteiger partial charge in [0.15, 0.2) is 0 Å². The third-order valence-electron chi connectivity index (χ3n) is 6.73. The van der Waals surface area contributed by atoms with Crippen LogP contribution in [-0.2, 0) is 9.47 Å². The molecule has 2 aromatic carbocycles. The van der Waals surface area contributed by atoms with Crippen molar-refractivity contribution >= 4 is 23.3 Å². The summed E-state index contributed by atoms with van der Waals surface area (Å²) in [6.45, 7) is 13.1. The molecule has 0 aliphatic carbocycles. The van der Waals surface area contributed by atoms with Crippen molar-refractivity contribution in [2.45, 2.75) is 46.6 Å². The Morgan fingerprint density at radius 1 is 0.973 bits per heavy atom. The first-order valence-corrected chi connectivity index (χ1v) is 13.3.